The van der Waals surface area contributed by atoms with Gasteiger partial charge in [0.1, 0.15) is 0 Å². The van der Waals surface area contributed by atoms with E-state index < -0.39 is 41.2 Å². The van der Waals surface area contributed by atoms with E-state index in [2.05, 4.69) is 15.6 Å². The first kappa shape index (κ1) is 22.9. The van der Waals surface area contributed by atoms with Gasteiger partial charge in [0, 0.05) is 12.8 Å². The van der Waals surface area contributed by atoms with E-state index in [0.717, 1.165) is 42.6 Å². The lowest BCUT2D eigenvalue weighted by Crippen LogP contribution is -2.47. The molecule has 0 bridgehead atoms. The van der Waals surface area contributed by atoms with E-state index in [1.54, 1.807) is 0 Å². The molecule has 2 atom stereocenters. The first-order valence-corrected chi connectivity index (χ1v) is 9.40. The average molecular weight is 447 g/mol. The van der Waals surface area contributed by atoms with Gasteiger partial charge in [-0.1, -0.05) is 12.1 Å². The fraction of sp³-hybridized carbons (Fsp3) is 0.400. The third-order valence-corrected chi connectivity index (χ3v) is 4.76. The lowest BCUT2D eigenvalue weighted by atomic mass is 9.98. The highest BCUT2D eigenvalue weighted by atomic mass is 19.4. The van der Waals surface area contributed by atoms with E-state index in [4.69, 9.17) is 4.74 Å². The van der Waals surface area contributed by atoms with Crippen molar-refractivity contribution in [2.45, 2.75) is 37.3 Å². The smallest absolute Gasteiger partial charge is 0.379 e. The van der Waals surface area contributed by atoms with E-state index in [-0.39, 0.29) is 18.2 Å². The van der Waals surface area contributed by atoms with Crippen LogP contribution in [0.25, 0.3) is 0 Å². The molecule has 1 fully saturated rings. The number of rotatable bonds is 4. The van der Waals surface area contributed by atoms with Gasteiger partial charge in [0.25, 0.3) is 0 Å². The van der Waals surface area contributed by atoms with Crippen LogP contribution in [0.2, 0.25) is 0 Å². The van der Waals surface area contributed by atoms with Gasteiger partial charge in [0.15, 0.2) is 0 Å². The van der Waals surface area contributed by atoms with Crippen LogP contribution >= 0.6 is 0 Å². The minimum absolute atomic E-state index is 0.0206. The zero-order chi connectivity index (χ0) is 22.6. The number of halogens is 6. The zero-order valence-electron chi connectivity index (χ0n) is 16.1. The highest BCUT2D eigenvalue weighted by Gasteiger charge is 2.37. The average Bonchev–Trinajstić information content (AvgIpc) is 2.72. The monoisotopic (exact) mass is 447 g/mol. The second kappa shape index (κ2) is 9.13. The maximum atomic E-state index is 13.5. The molecule has 2 heterocycles. The molecule has 11 heteroatoms. The quantitative estimate of drug-likeness (QED) is 0.669. The highest BCUT2D eigenvalue weighted by molar-refractivity contribution is 5.75. The predicted molar refractivity (Wildman–Crippen MR) is 98.0 cm³/mol. The molecule has 1 saturated heterocycles. The summed E-state index contributed by atoms with van der Waals surface area (Å²) in [5.74, 6) is 0. The van der Waals surface area contributed by atoms with Gasteiger partial charge in [-0.05, 0) is 42.7 Å². The van der Waals surface area contributed by atoms with Crippen molar-refractivity contribution in [3.05, 3.63) is 65.0 Å². The third kappa shape index (κ3) is 5.87. The molecule has 31 heavy (non-hydrogen) atoms. The van der Waals surface area contributed by atoms with E-state index >= 15 is 0 Å². The van der Waals surface area contributed by atoms with Crippen LogP contribution in [-0.4, -0.2) is 30.3 Å². The minimum Gasteiger partial charge on any atom is -0.379 e. The number of hydrogen-bond donors (Lipinski definition) is 2. The number of alkyl halides is 6. The first-order chi connectivity index (χ1) is 14.6. The normalized spacial score (nSPS) is 18.3. The van der Waals surface area contributed by atoms with Crippen LogP contribution in [0.15, 0.2) is 42.6 Å². The van der Waals surface area contributed by atoms with Gasteiger partial charge < -0.3 is 15.4 Å². The van der Waals surface area contributed by atoms with Gasteiger partial charge in [0.2, 0.25) is 0 Å². The second-order valence-corrected chi connectivity index (χ2v) is 7.02. The topological polar surface area (TPSA) is 63.2 Å². The van der Waals surface area contributed by atoms with Crippen LogP contribution in [0.5, 0.6) is 0 Å². The Morgan fingerprint density at radius 3 is 2.35 bits per heavy atom. The van der Waals surface area contributed by atoms with Crippen LogP contribution in [0.1, 0.15) is 41.3 Å². The Kier molecular flexibility index (Phi) is 6.73. The van der Waals surface area contributed by atoms with Crippen molar-refractivity contribution >= 4 is 6.03 Å². The predicted octanol–water partition coefficient (Wildman–Crippen LogP) is 4.69. The van der Waals surface area contributed by atoms with Gasteiger partial charge in [-0.15, -0.1) is 0 Å². The van der Waals surface area contributed by atoms with Gasteiger partial charge >= 0.3 is 18.4 Å². The van der Waals surface area contributed by atoms with E-state index in [9.17, 15) is 31.1 Å². The maximum Gasteiger partial charge on any atom is 0.418 e. The van der Waals surface area contributed by atoms with Crippen molar-refractivity contribution in [3.63, 3.8) is 0 Å². The van der Waals surface area contributed by atoms with Crippen molar-refractivity contribution < 1.29 is 35.9 Å². The molecular weight excluding hydrogens is 428 g/mol. The van der Waals surface area contributed by atoms with Gasteiger partial charge in [-0.3, -0.25) is 4.98 Å². The van der Waals surface area contributed by atoms with Crippen LogP contribution in [0.3, 0.4) is 0 Å². The minimum atomic E-state index is -4.77. The molecule has 0 aliphatic carbocycles. The molecule has 1 aliphatic heterocycles. The number of carbonyl (C=O) groups excluding carboxylic acids is 1. The SMILES string of the molecule is O=C(NC1CCCOC1)N[C@@H](c1ccc(C(F)(F)F)cc1)c1ncccc1C(F)(F)F. The summed E-state index contributed by atoms with van der Waals surface area (Å²) in [4.78, 5) is 16.3. The standard InChI is InChI=1S/C20H19F6N3O2/c21-19(22,23)13-7-5-12(6-8-13)16(17-15(20(24,25)26)4-1-9-27-17)29-18(30)28-14-3-2-10-31-11-14/h1,4-9,14,16H,2-3,10-11H2,(H2,28,29,30)/t14?,16-/m0/s1. The molecule has 3 rings (SSSR count). The van der Waals surface area contributed by atoms with Crippen LogP contribution < -0.4 is 10.6 Å². The summed E-state index contributed by atoms with van der Waals surface area (Å²) in [6.45, 7) is 0.812. The van der Waals surface area contributed by atoms with Crippen LogP contribution in [0.4, 0.5) is 31.1 Å². The summed E-state index contributed by atoms with van der Waals surface area (Å²) < 4.78 is 84.5. The number of urea groups is 1. The Morgan fingerprint density at radius 1 is 1.06 bits per heavy atom. The molecule has 1 unspecified atom stereocenters. The summed E-state index contributed by atoms with van der Waals surface area (Å²) in [5, 5.41) is 5.04. The molecule has 0 spiro atoms. The van der Waals surface area contributed by atoms with Crippen LogP contribution in [0, 0.1) is 0 Å². The van der Waals surface area contributed by atoms with E-state index in [1.165, 1.54) is 0 Å². The first-order valence-electron chi connectivity index (χ1n) is 9.40. The summed E-state index contributed by atoms with van der Waals surface area (Å²) in [5.41, 5.74) is -2.56. The second-order valence-electron chi connectivity index (χ2n) is 7.02. The van der Waals surface area contributed by atoms with Crippen molar-refractivity contribution in [1.29, 1.82) is 0 Å². The fourth-order valence-corrected chi connectivity index (χ4v) is 3.27. The molecule has 1 aromatic heterocycles. The molecule has 1 aliphatic rings. The molecule has 5 nitrogen and oxygen atoms in total. The number of nitrogens with zero attached hydrogens (tertiary/aromatic N) is 1. The van der Waals surface area contributed by atoms with E-state index in [1.807, 2.05) is 0 Å². The lowest BCUT2D eigenvalue weighted by molar-refractivity contribution is -0.139. The molecule has 2 amide bonds. The largest absolute Gasteiger partial charge is 0.418 e. The zero-order valence-corrected chi connectivity index (χ0v) is 16.1. The van der Waals surface area contributed by atoms with Gasteiger partial charge in [-0.25, -0.2) is 4.79 Å². The number of carbonyl (C=O) groups is 1. The Labute approximate surface area is 173 Å². The number of pyridine rings is 1. The lowest BCUT2D eigenvalue weighted by Gasteiger charge is -2.26. The Hall–Kier alpha value is -2.82. The van der Waals surface area contributed by atoms with Crippen LogP contribution in [-0.2, 0) is 17.1 Å². The van der Waals surface area contributed by atoms with Crippen molar-refractivity contribution in [1.82, 2.24) is 15.6 Å². The Balaban J connectivity index is 1.94. The summed E-state index contributed by atoms with van der Waals surface area (Å²) in [6.07, 6.45) is -6.91. The van der Waals surface area contributed by atoms with Gasteiger partial charge in [0.05, 0.1) is 35.5 Å². The molecule has 0 radical (unpaired) electrons. The molecule has 1 aromatic carbocycles. The fourth-order valence-electron chi connectivity index (χ4n) is 3.27. The highest BCUT2D eigenvalue weighted by Crippen LogP contribution is 2.36. The number of hydrogen-bond acceptors (Lipinski definition) is 3. The number of nitrogens with one attached hydrogen (secondary N) is 2. The summed E-state index contributed by atoms with van der Waals surface area (Å²) in [7, 11) is 0. The molecular formula is C20H19F6N3O2. The summed E-state index contributed by atoms with van der Waals surface area (Å²) >= 11 is 0. The molecule has 2 aromatic rings. The van der Waals surface area contributed by atoms with Gasteiger partial charge in [-0.2, -0.15) is 26.3 Å². The summed E-state index contributed by atoms with van der Waals surface area (Å²) in [6, 6.07) is 2.89. The van der Waals surface area contributed by atoms with Crippen molar-refractivity contribution in [2.24, 2.45) is 0 Å². The molecule has 2 N–H and O–H groups in total. The Morgan fingerprint density at radius 2 is 1.77 bits per heavy atom. The maximum absolute atomic E-state index is 13.5. The molecule has 0 saturated carbocycles. The number of benzene rings is 1. The molecule has 168 valence electrons. The van der Waals surface area contributed by atoms with E-state index in [0.29, 0.717) is 19.4 Å². The third-order valence-electron chi connectivity index (χ3n) is 4.76. The Bertz CT molecular complexity index is 893. The number of amides is 2. The van der Waals surface area contributed by atoms with Crippen molar-refractivity contribution in [2.75, 3.05) is 13.2 Å². The van der Waals surface area contributed by atoms with Crippen molar-refractivity contribution in [3.8, 4) is 0 Å². The number of aromatic nitrogens is 1. The number of ether oxygens (including phenoxy) is 1.